The van der Waals surface area contributed by atoms with Crippen LogP contribution in [-0.2, 0) is 0 Å². The largest absolute Gasteiger partial charge is 0.454 e. The zero-order valence-corrected chi connectivity index (χ0v) is 38.6. The molecular weight excluding hydrogens is 952 g/mol. The molecular formula is C66H44Cl2N4O2. The summed E-state index contributed by atoms with van der Waals surface area (Å²) in [4.78, 5) is 1.68. The summed E-state index contributed by atoms with van der Waals surface area (Å²) >= 11 is 14.6. The predicted octanol–water partition coefficient (Wildman–Crippen LogP) is 19.7. The van der Waals surface area contributed by atoms with E-state index in [9.17, 15) is 11.0 Å². The molecule has 13 rings (SSSR count). The van der Waals surface area contributed by atoms with E-state index >= 15 is 0 Å². The van der Waals surface area contributed by atoms with Gasteiger partial charge in [-0.3, -0.25) is 0 Å². The number of aromatic nitrogens is 2. The number of rotatable bonds is 12. The molecule has 0 aliphatic heterocycles. The molecule has 0 fully saturated rings. The van der Waals surface area contributed by atoms with Gasteiger partial charge in [0.25, 0.3) is 0 Å². The number of anilines is 6. The topological polar surface area (TPSA) is 34.8 Å². The first-order valence-corrected chi connectivity index (χ1v) is 22.4. The van der Waals surface area contributed by atoms with E-state index in [4.69, 9.17) is 68.3 Å². The fourth-order valence-corrected chi connectivity index (χ4v) is 8.73. The van der Waals surface area contributed by atoms with E-state index in [0.29, 0.717) is 0 Å². The van der Waals surface area contributed by atoms with Gasteiger partial charge in [0.05, 0.1) is 90.1 Å². The van der Waals surface area contributed by atoms with Crippen molar-refractivity contribution < 1.29 is 56.1 Å². The molecule has 13 aromatic rings. The molecule has 0 aliphatic carbocycles. The number of benzene rings is 11. The minimum atomic E-state index is -0.926. The Kier molecular flexibility index (Phi) is 5.54. The fraction of sp³-hybridized carbons (Fsp3) is 0. The second kappa shape index (κ2) is 19.1. The Morgan fingerprint density at radius 2 is 0.662 bits per heavy atom. The quantitative estimate of drug-likeness (QED) is 0.122. The van der Waals surface area contributed by atoms with Crippen molar-refractivity contribution in [1.29, 1.82) is 0 Å². The Balaban J connectivity index is 1.17. The average molecular weight is 1030 g/mol. The maximum atomic E-state index is 9.60. The van der Waals surface area contributed by atoms with Gasteiger partial charge in [0.2, 0.25) is 0 Å². The minimum absolute atomic E-state index is 0.259. The van der Waals surface area contributed by atoms with Gasteiger partial charge in [0, 0.05) is 67.8 Å². The molecule has 8 heteroatoms. The lowest BCUT2D eigenvalue weighted by Gasteiger charge is -2.26. The van der Waals surface area contributed by atoms with Crippen LogP contribution in [0.25, 0.3) is 55.0 Å². The van der Waals surface area contributed by atoms with Crippen LogP contribution in [0, 0.1) is 0 Å². The van der Waals surface area contributed by atoms with Crippen LogP contribution in [0.2, 0.25) is 10.0 Å². The Morgan fingerprint density at radius 1 is 0.311 bits per heavy atom. The molecule has 6 nitrogen and oxygen atoms in total. The summed E-state index contributed by atoms with van der Waals surface area (Å²) in [7, 11) is 0. The van der Waals surface area contributed by atoms with Crippen LogP contribution in [0.1, 0.15) is 46.6 Å². The van der Waals surface area contributed by atoms with Crippen molar-refractivity contribution in [3.05, 3.63) is 276 Å². The molecule has 0 spiro atoms. The third-order valence-electron chi connectivity index (χ3n) is 11.3. The third-order valence-corrected chi connectivity index (χ3v) is 11.9. The molecule has 0 saturated heterocycles. The summed E-state index contributed by atoms with van der Waals surface area (Å²) in [6.07, 6.45) is 0. The molecule has 0 unspecified atom stereocenters. The van der Waals surface area contributed by atoms with Gasteiger partial charge in [-0.05, 0) is 109 Å². The van der Waals surface area contributed by atoms with Crippen LogP contribution in [0.15, 0.2) is 266 Å². The summed E-state index contributed by atoms with van der Waals surface area (Å²) in [5.74, 6) is -2.27. The van der Waals surface area contributed by atoms with Gasteiger partial charge in [0.1, 0.15) is 11.5 Å². The van der Waals surface area contributed by atoms with Gasteiger partial charge in [-0.2, -0.15) is 0 Å². The maximum Gasteiger partial charge on any atom is 0.153 e. The van der Waals surface area contributed by atoms with Crippen LogP contribution in [0.4, 0.5) is 34.1 Å². The van der Waals surface area contributed by atoms with Crippen LogP contribution >= 0.6 is 23.2 Å². The summed E-state index contributed by atoms with van der Waals surface area (Å²) in [6.45, 7) is 0. The second-order valence-electron chi connectivity index (χ2n) is 15.5. The van der Waals surface area contributed by atoms with Gasteiger partial charge in [-0.1, -0.05) is 168 Å². The van der Waals surface area contributed by atoms with Crippen LogP contribution in [-0.4, -0.2) is 9.13 Å². The Morgan fingerprint density at radius 3 is 1.09 bits per heavy atom. The van der Waals surface area contributed by atoms with E-state index in [1.54, 1.807) is 0 Å². The second-order valence-corrected chi connectivity index (χ2v) is 16.3. The van der Waals surface area contributed by atoms with Crippen molar-refractivity contribution in [2.24, 2.45) is 0 Å². The molecule has 0 amide bonds. The highest BCUT2D eigenvalue weighted by molar-refractivity contribution is 6.33. The highest BCUT2D eigenvalue weighted by Gasteiger charge is 2.25. The predicted molar refractivity (Wildman–Crippen MR) is 308 cm³/mol. The standard InChI is InChI=1S/C66H44Cl2N4O2/c67-55-41-49(69(45-21-5-1-6-22-45)46-23-7-2-8-24-46)37-39-63(55)73-65-43-62(72-59-35-19-15-31-53(59)54-32-16-20-36-60(54)72)66(44-61(65)71-57-33-17-13-29-51(57)52-30-14-18-34-58(52)71)74-64-40-38-50(42-56(64)68)70(47-25-9-3-10-26-47)48-27-11-4-12-28-48/h1-44H/i1D,2D,3D,4D,5D,6D,7D,8D,9D,10D,11D,12D,13D,14D,15D,17D,18D,19D,20D,21D,22D,23D,24D,25D,26D,27D,29D,30D,31D,32D,33D,34D,35D,36D. The van der Waals surface area contributed by atoms with Gasteiger partial charge in [0.15, 0.2) is 11.5 Å². The first kappa shape index (κ1) is 21.5. The summed E-state index contributed by atoms with van der Waals surface area (Å²) < 4.78 is 320. The van der Waals surface area contributed by atoms with Crippen molar-refractivity contribution in [2.75, 3.05) is 9.80 Å². The number of hydrogen-bond acceptors (Lipinski definition) is 4. The average Bonchev–Trinajstić information content (AvgIpc) is 1.53. The normalized spacial score (nSPS) is 17.8. The van der Waals surface area contributed by atoms with Crippen LogP contribution < -0.4 is 19.3 Å². The first-order valence-electron chi connectivity index (χ1n) is 38.7. The van der Waals surface area contributed by atoms with Crippen molar-refractivity contribution in [3.63, 3.8) is 0 Å². The lowest BCUT2D eigenvalue weighted by atomic mass is 10.1. The minimum Gasteiger partial charge on any atom is -0.454 e. The zero-order chi connectivity index (χ0) is 79.1. The van der Waals surface area contributed by atoms with E-state index in [0.717, 1.165) is 73.5 Å². The third kappa shape index (κ3) is 8.03. The number of nitrogens with zero attached hydrogens (tertiary/aromatic N) is 4. The van der Waals surface area contributed by atoms with E-state index in [1.165, 1.54) is 6.07 Å². The smallest absolute Gasteiger partial charge is 0.153 e. The monoisotopic (exact) mass is 1030 g/mol. The molecule has 0 aliphatic rings. The first-order chi connectivity index (χ1) is 50.6. The molecule has 2 aromatic heterocycles. The van der Waals surface area contributed by atoms with E-state index in [2.05, 4.69) is 0 Å². The molecule has 354 valence electrons. The molecule has 0 N–H and O–H groups in total. The van der Waals surface area contributed by atoms with Crippen LogP contribution in [0.5, 0.6) is 23.0 Å². The lowest BCUT2D eigenvalue weighted by molar-refractivity contribution is 0.466. The molecule has 74 heavy (non-hydrogen) atoms. The summed E-state index contributed by atoms with van der Waals surface area (Å²) in [5.41, 5.74) is -6.45. The zero-order valence-electron chi connectivity index (χ0n) is 71.1. The fourth-order valence-electron chi connectivity index (χ4n) is 8.30. The summed E-state index contributed by atoms with van der Waals surface area (Å²) in [5, 5.41) is -2.81. The summed E-state index contributed by atoms with van der Waals surface area (Å²) in [6, 6.07) is -18.0. The SMILES string of the molecule is [2H]c1cc(N(c2ccc(Oc3cc(-n4c5c([2H])c([2H])c([2H])c([2H])c5c5c([2H])c([2H])c([2H])c([2H])c54)c(Oc4ccc(N(c5c([2H])c([2H])c([2H])c([2H])c5[2H])c5c([2H])c([2H])c([2H])c([2H])c5[2H])cc4Cl)cc3-n3c4c([2H])c([2H])cc([2H])c4c4c([2H])c([2H])c([2H])c([2H])c43)c(Cl)c2)c2c([2H])c([2H])c([2H])c([2H])c2[2H])c([2H])c([2H])c1[2H]. The van der Waals surface area contributed by atoms with Crippen molar-refractivity contribution >= 4 is 101 Å². The molecule has 0 radical (unpaired) electrons. The number of ether oxygens (including phenoxy) is 2. The van der Waals surface area contributed by atoms with E-state index < -0.39 is 311 Å². The van der Waals surface area contributed by atoms with Crippen molar-refractivity contribution in [3.8, 4) is 34.4 Å². The molecule has 2 heterocycles. The molecule has 0 atom stereocenters. The lowest BCUT2D eigenvalue weighted by Crippen LogP contribution is -2.10. The molecule has 0 saturated carbocycles. The van der Waals surface area contributed by atoms with Crippen molar-refractivity contribution in [2.45, 2.75) is 0 Å². The Hall–Kier alpha value is -9.20. The van der Waals surface area contributed by atoms with Gasteiger partial charge in [-0.15, -0.1) is 0 Å². The highest BCUT2D eigenvalue weighted by atomic mass is 35.5. The van der Waals surface area contributed by atoms with E-state index in [1.807, 2.05) is 0 Å². The number of halogens is 2. The van der Waals surface area contributed by atoms with Crippen LogP contribution in [0.3, 0.4) is 0 Å². The van der Waals surface area contributed by atoms with Gasteiger partial charge >= 0.3 is 0 Å². The molecule has 11 aromatic carbocycles. The van der Waals surface area contributed by atoms with Gasteiger partial charge in [-0.25, -0.2) is 0 Å². The van der Waals surface area contributed by atoms with E-state index in [-0.39, 0.29) is 16.8 Å². The maximum absolute atomic E-state index is 9.60. The highest BCUT2D eigenvalue weighted by Crippen LogP contribution is 2.48. The number of para-hydroxylation sites is 8. The van der Waals surface area contributed by atoms with Crippen molar-refractivity contribution in [1.82, 2.24) is 9.13 Å². The van der Waals surface area contributed by atoms with Gasteiger partial charge < -0.3 is 28.4 Å². The molecule has 0 bridgehead atoms. The Labute approximate surface area is 486 Å². The number of hydrogen-bond donors (Lipinski definition) is 0. The number of fused-ring (bicyclic) bond motifs is 6. The Bertz CT molecular complexity index is 6030.